The number of aromatic nitrogens is 3. The molecule has 0 saturated heterocycles. The van der Waals surface area contributed by atoms with Gasteiger partial charge in [0.25, 0.3) is 0 Å². The van der Waals surface area contributed by atoms with Crippen molar-refractivity contribution in [3.63, 3.8) is 0 Å². The van der Waals surface area contributed by atoms with Crippen LogP contribution in [-0.4, -0.2) is 21.1 Å². The summed E-state index contributed by atoms with van der Waals surface area (Å²) in [5, 5.41) is 10.3. The molecule has 1 amide bonds. The Kier molecular flexibility index (Phi) is 5.46. The summed E-state index contributed by atoms with van der Waals surface area (Å²) in [7, 11) is 0. The molecule has 128 valence electrons. The van der Waals surface area contributed by atoms with Gasteiger partial charge in [0.1, 0.15) is 5.82 Å². The van der Waals surface area contributed by atoms with Crippen LogP contribution in [0, 0.1) is 6.92 Å². The number of carbonyl (C=O) groups excluding carboxylic acids is 1. The first kappa shape index (κ1) is 17.2. The third-order valence-electron chi connectivity index (χ3n) is 3.96. The van der Waals surface area contributed by atoms with Crippen molar-refractivity contribution < 1.29 is 4.79 Å². The number of halogens is 1. The molecule has 3 aromatic rings. The Balaban J connectivity index is 1.76. The zero-order valence-corrected chi connectivity index (χ0v) is 14.6. The SMILES string of the molecule is Cc1nc(CNC(=O)C[C@H](c2ccccc2)c2ccccc2Cl)n[nH]1. The van der Waals surface area contributed by atoms with E-state index in [1.165, 1.54) is 0 Å². The van der Waals surface area contributed by atoms with Crippen molar-refractivity contribution in [3.8, 4) is 0 Å². The van der Waals surface area contributed by atoms with E-state index in [9.17, 15) is 4.79 Å². The third-order valence-corrected chi connectivity index (χ3v) is 4.30. The van der Waals surface area contributed by atoms with E-state index in [1.807, 2.05) is 61.5 Å². The van der Waals surface area contributed by atoms with Crippen LogP contribution < -0.4 is 5.32 Å². The van der Waals surface area contributed by atoms with Crippen LogP contribution in [0.1, 0.15) is 35.1 Å². The lowest BCUT2D eigenvalue weighted by Crippen LogP contribution is -2.25. The molecule has 0 bridgehead atoms. The fourth-order valence-corrected chi connectivity index (χ4v) is 3.02. The van der Waals surface area contributed by atoms with Gasteiger partial charge in [0.2, 0.25) is 5.91 Å². The largest absolute Gasteiger partial charge is 0.349 e. The van der Waals surface area contributed by atoms with Crippen molar-refractivity contribution in [1.82, 2.24) is 20.5 Å². The predicted octanol–water partition coefficient (Wildman–Crippen LogP) is 3.60. The minimum absolute atomic E-state index is 0.0729. The lowest BCUT2D eigenvalue weighted by atomic mass is 9.88. The average Bonchev–Trinajstić information content (AvgIpc) is 3.05. The van der Waals surface area contributed by atoms with Crippen LogP contribution in [0.2, 0.25) is 5.02 Å². The quantitative estimate of drug-likeness (QED) is 0.710. The van der Waals surface area contributed by atoms with E-state index in [2.05, 4.69) is 20.5 Å². The van der Waals surface area contributed by atoms with E-state index in [-0.39, 0.29) is 11.8 Å². The van der Waals surface area contributed by atoms with Crippen molar-refractivity contribution in [2.24, 2.45) is 0 Å². The molecule has 0 aliphatic carbocycles. The maximum absolute atomic E-state index is 12.5. The number of aryl methyl sites for hydroxylation is 1. The van der Waals surface area contributed by atoms with E-state index in [1.54, 1.807) is 0 Å². The Bertz CT molecular complexity index is 847. The van der Waals surface area contributed by atoms with Gasteiger partial charge >= 0.3 is 0 Å². The van der Waals surface area contributed by atoms with Crippen LogP contribution in [-0.2, 0) is 11.3 Å². The first-order valence-corrected chi connectivity index (χ1v) is 8.45. The molecule has 1 aromatic heterocycles. The molecule has 2 aromatic carbocycles. The summed E-state index contributed by atoms with van der Waals surface area (Å²) in [6.07, 6.45) is 0.303. The third kappa shape index (κ3) is 4.45. The predicted molar refractivity (Wildman–Crippen MR) is 97.3 cm³/mol. The van der Waals surface area contributed by atoms with E-state index >= 15 is 0 Å². The highest BCUT2D eigenvalue weighted by Gasteiger charge is 2.20. The van der Waals surface area contributed by atoms with Gasteiger partial charge in [-0.15, -0.1) is 0 Å². The van der Waals surface area contributed by atoms with Gasteiger partial charge in [0.05, 0.1) is 6.54 Å². The van der Waals surface area contributed by atoms with E-state index < -0.39 is 0 Å². The lowest BCUT2D eigenvalue weighted by Gasteiger charge is -2.19. The molecule has 0 aliphatic rings. The van der Waals surface area contributed by atoms with Gasteiger partial charge in [0, 0.05) is 17.4 Å². The molecular weight excluding hydrogens is 336 g/mol. The van der Waals surface area contributed by atoms with Gasteiger partial charge in [-0.1, -0.05) is 60.1 Å². The summed E-state index contributed by atoms with van der Waals surface area (Å²) in [6.45, 7) is 2.12. The highest BCUT2D eigenvalue weighted by molar-refractivity contribution is 6.31. The van der Waals surface area contributed by atoms with Crippen LogP contribution >= 0.6 is 11.6 Å². The molecule has 0 fully saturated rings. The van der Waals surface area contributed by atoms with Gasteiger partial charge in [-0.25, -0.2) is 4.98 Å². The summed E-state index contributed by atoms with van der Waals surface area (Å²) >= 11 is 6.37. The molecule has 0 radical (unpaired) electrons. The number of carbonyl (C=O) groups is 1. The zero-order chi connectivity index (χ0) is 17.6. The minimum atomic E-state index is -0.108. The molecule has 5 nitrogen and oxygen atoms in total. The smallest absolute Gasteiger partial charge is 0.221 e. The highest BCUT2D eigenvalue weighted by atomic mass is 35.5. The summed E-state index contributed by atoms with van der Waals surface area (Å²) in [6, 6.07) is 17.6. The van der Waals surface area contributed by atoms with Crippen LogP contribution in [0.15, 0.2) is 54.6 Å². The zero-order valence-electron chi connectivity index (χ0n) is 13.9. The second kappa shape index (κ2) is 7.94. The number of aromatic amines is 1. The number of hydrogen-bond acceptors (Lipinski definition) is 3. The molecule has 3 rings (SSSR count). The molecule has 1 atom stereocenters. The minimum Gasteiger partial charge on any atom is -0.349 e. The van der Waals surface area contributed by atoms with Crippen molar-refractivity contribution in [3.05, 3.63) is 82.4 Å². The molecule has 0 saturated carbocycles. The van der Waals surface area contributed by atoms with E-state index in [4.69, 9.17) is 11.6 Å². The topological polar surface area (TPSA) is 70.7 Å². The van der Waals surface area contributed by atoms with Gasteiger partial charge in [-0.05, 0) is 24.1 Å². The average molecular weight is 355 g/mol. The maximum atomic E-state index is 12.5. The number of nitrogens with zero attached hydrogens (tertiary/aromatic N) is 2. The normalized spacial score (nSPS) is 11.9. The van der Waals surface area contributed by atoms with Crippen LogP contribution in [0.25, 0.3) is 0 Å². The Morgan fingerprint density at radius 1 is 1.16 bits per heavy atom. The maximum Gasteiger partial charge on any atom is 0.221 e. The number of rotatable bonds is 6. The first-order chi connectivity index (χ1) is 12.1. The first-order valence-electron chi connectivity index (χ1n) is 8.07. The summed E-state index contributed by atoms with van der Waals surface area (Å²) in [4.78, 5) is 16.7. The van der Waals surface area contributed by atoms with Crippen LogP contribution in [0.4, 0.5) is 0 Å². The summed E-state index contributed by atoms with van der Waals surface area (Å²) < 4.78 is 0. The fourth-order valence-electron chi connectivity index (χ4n) is 2.75. The summed E-state index contributed by atoms with van der Waals surface area (Å²) in [5.41, 5.74) is 2.00. The van der Waals surface area contributed by atoms with Crippen molar-refractivity contribution >= 4 is 17.5 Å². The fraction of sp³-hybridized carbons (Fsp3) is 0.211. The summed E-state index contributed by atoms with van der Waals surface area (Å²) in [5.74, 6) is 1.11. The molecule has 25 heavy (non-hydrogen) atoms. The second-order valence-electron chi connectivity index (χ2n) is 5.80. The molecule has 2 N–H and O–H groups in total. The van der Waals surface area contributed by atoms with E-state index in [0.717, 1.165) is 17.0 Å². The monoisotopic (exact) mass is 354 g/mol. The molecule has 1 heterocycles. The van der Waals surface area contributed by atoms with Gasteiger partial charge < -0.3 is 5.32 Å². The van der Waals surface area contributed by atoms with Crippen molar-refractivity contribution in [2.75, 3.05) is 0 Å². The lowest BCUT2D eigenvalue weighted by molar-refractivity contribution is -0.121. The van der Waals surface area contributed by atoms with Crippen LogP contribution in [0.3, 0.4) is 0 Å². The molecular formula is C19H19ClN4O. The van der Waals surface area contributed by atoms with Gasteiger partial charge in [0.15, 0.2) is 5.82 Å². The number of amides is 1. The van der Waals surface area contributed by atoms with Gasteiger partial charge in [-0.2, -0.15) is 5.10 Å². The Morgan fingerprint density at radius 2 is 1.88 bits per heavy atom. The number of H-pyrrole nitrogens is 1. The van der Waals surface area contributed by atoms with E-state index in [0.29, 0.717) is 23.8 Å². The second-order valence-corrected chi connectivity index (χ2v) is 6.21. The molecule has 0 spiro atoms. The Hall–Kier alpha value is -2.66. The molecule has 6 heteroatoms. The Labute approximate surface area is 151 Å². The number of nitrogens with one attached hydrogen (secondary N) is 2. The molecule has 0 aliphatic heterocycles. The standard InChI is InChI=1S/C19H19ClN4O/c1-13-22-18(24-23-13)12-21-19(25)11-16(14-7-3-2-4-8-14)15-9-5-6-10-17(15)20/h2-10,16H,11-12H2,1H3,(H,21,25)(H,22,23,24)/t16-/m1/s1. The highest BCUT2D eigenvalue weighted by Crippen LogP contribution is 2.32. The van der Waals surface area contributed by atoms with Gasteiger partial charge in [-0.3, -0.25) is 9.89 Å². The Morgan fingerprint density at radius 3 is 2.56 bits per heavy atom. The number of benzene rings is 2. The van der Waals surface area contributed by atoms with Crippen LogP contribution in [0.5, 0.6) is 0 Å². The van der Waals surface area contributed by atoms with Crippen molar-refractivity contribution in [1.29, 1.82) is 0 Å². The molecule has 0 unspecified atom stereocenters. The number of hydrogen-bond donors (Lipinski definition) is 2. The van der Waals surface area contributed by atoms with Crippen molar-refractivity contribution in [2.45, 2.75) is 25.8 Å².